The van der Waals surface area contributed by atoms with E-state index in [1.54, 1.807) is 12.4 Å². The van der Waals surface area contributed by atoms with E-state index in [0.29, 0.717) is 18.9 Å². The van der Waals surface area contributed by atoms with E-state index in [1.165, 1.54) is 18.2 Å². The maximum atomic E-state index is 13.2. The van der Waals surface area contributed by atoms with Crippen molar-refractivity contribution in [1.82, 2.24) is 10.3 Å². The van der Waals surface area contributed by atoms with Crippen LogP contribution < -0.4 is 10.1 Å². The predicted molar refractivity (Wildman–Crippen MR) is 81.6 cm³/mol. The Morgan fingerprint density at radius 3 is 3.00 bits per heavy atom. The monoisotopic (exact) mass is 322 g/mol. The first kappa shape index (κ1) is 15.2. The number of ether oxygens (including phenoxy) is 2. The zero-order chi connectivity index (χ0) is 15.4. The third-order valence-corrected chi connectivity index (χ3v) is 3.75. The molecule has 2 atom stereocenters. The zero-order valence-corrected chi connectivity index (χ0v) is 12.6. The van der Waals surface area contributed by atoms with Crippen molar-refractivity contribution in [3.8, 4) is 5.75 Å². The SMILES string of the molecule is Fc1ccc(O[C@H](c2cccnc2)[C@@H]2CNCCO2)c(Cl)c1. The van der Waals surface area contributed by atoms with Crippen LogP contribution in [-0.4, -0.2) is 30.8 Å². The topological polar surface area (TPSA) is 43.4 Å². The normalized spacial score (nSPS) is 19.6. The molecule has 0 bridgehead atoms. The summed E-state index contributed by atoms with van der Waals surface area (Å²) in [7, 11) is 0. The second-order valence-electron chi connectivity index (χ2n) is 5.01. The summed E-state index contributed by atoms with van der Waals surface area (Å²) in [6.45, 7) is 2.09. The summed E-state index contributed by atoms with van der Waals surface area (Å²) in [5.41, 5.74) is 0.886. The van der Waals surface area contributed by atoms with Crippen LogP contribution in [0.5, 0.6) is 5.75 Å². The third kappa shape index (κ3) is 3.55. The Morgan fingerprint density at radius 2 is 2.32 bits per heavy atom. The molecule has 116 valence electrons. The molecule has 1 N–H and O–H groups in total. The molecule has 0 saturated carbocycles. The van der Waals surface area contributed by atoms with Gasteiger partial charge in [-0.2, -0.15) is 0 Å². The fourth-order valence-electron chi connectivity index (χ4n) is 2.39. The molecule has 1 saturated heterocycles. The van der Waals surface area contributed by atoms with Gasteiger partial charge in [0.05, 0.1) is 11.6 Å². The molecule has 1 aliphatic heterocycles. The Bertz CT molecular complexity index is 621. The second-order valence-corrected chi connectivity index (χ2v) is 5.42. The summed E-state index contributed by atoms with van der Waals surface area (Å²) in [6, 6.07) is 7.84. The van der Waals surface area contributed by atoms with Crippen LogP contribution >= 0.6 is 11.6 Å². The first-order valence-corrected chi connectivity index (χ1v) is 7.46. The maximum Gasteiger partial charge on any atom is 0.153 e. The molecule has 4 nitrogen and oxygen atoms in total. The molecule has 0 spiro atoms. The molecule has 0 amide bonds. The van der Waals surface area contributed by atoms with Crippen LogP contribution in [0.4, 0.5) is 4.39 Å². The van der Waals surface area contributed by atoms with Crippen LogP contribution in [0.1, 0.15) is 11.7 Å². The van der Waals surface area contributed by atoms with Crippen LogP contribution in [0.2, 0.25) is 5.02 Å². The molecule has 1 aromatic heterocycles. The fourth-order valence-corrected chi connectivity index (χ4v) is 2.60. The summed E-state index contributed by atoms with van der Waals surface area (Å²) in [6.07, 6.45) is 2.90. The number of morpholine rings is 1. The van der Waals surface area contributed by atoms with E-state index in [9.17, 15) is 4.39 Å². The molecule has 1 aromatic carbocycles. The lowest BCUT2D eigenvalue weighted by Gasteiger charge is -2.31. The fraction of sp³-hybridized carbons (Fsp3) is 0.312. The summed E-state index contributed by atoms with van der Waals surface area (Å²) in [5.74, 6) is 0.0250. The highest BCUT2D eigenvalue weighted by Crippen LogP contribution is 2.32. The minimum atomic E-state index is -0.397. The van der Waals surface area contributed by atoms with Gasteiger partial charge in [0.2, 0.25) is 0 Å². The number of nitrogens with one attached hydrogen (secondary N) is 1. The molecular weight excluding hydrogens is 307 g/mol. The Hall–Kier alpha value is -1.69. The van der Waals surface area contributed by atoms with Gasteiger partial charge in [0, 0.05) is 31.0 Å². The number of pyridine rings is 1. The van der Waals surface area contributed by atoms with Gasteiger partial charge in [0.1, 0.15) is 17.7 Å². The van der Waals surface area contributed by atoms with E-state index >= 15 is 0 Å². The van der Waals surface area contributed by atoms with Gasteiger partial charge >= 0.3 is 0 Å². The highest BCUT2D eigenvalue weighted by Gasteiger charge is 2.28. The van der Waals surface area contributed by atoms with E-state index in [0.717, 1.165) is 12.1 Å². The molecule has 0 aliphatic carbocycles. The molecule has 6 heteroatoms. The molecule has 22 heavy (non-hydrogen) atoms. The van der Waals surface area contributed by atoms with Gasteiger partial charge in [0.15, 0.2) is 6.10 Å². The van der Waals surface area contributed by atoms with Crippen molar-refractivity contribution in [2.24, 2.45) is 0 Å². The van der Waals surface area contributed by atoms with E-state index < -0.39 is 5.82 Å². The highest BCUT2D eigenvalue weighted by atomic mass is 35.5. The van der Waals surface area contributed by atoms with Gasteiger partial charge in [-0.25, -0.2) is 4.39 Å². The second kappa shape index (κ2) is 7.05. The Labute approximate surface area is 133 Å². The quantitative estimate of drug-likeness (QED) is 0.940. The van der Waals surface area contributed by atoms with Crippen LogP contribution in [0.15, 0.2) is 42.7 Å². The number of aromatic nitrogens is 1. The molecule has 3 rings (SSSR count). The summed E-state index contributed by atoms with van der Waals surface area (Å²) in [5, 5.41) is 3.51. The summed E-state index contributed by atoms with van der Waals surface area (Å²) in [4.78, 5) is 4.13. The highest BCUT2D eigenvalue weighted by molar-refractivity contribution is 6.32. The molecule has 0 radical (unpaired) electrons. The van der Waals surface area contributed by atoms with E-state index in [-0.39, 0.29) is 17.2 Å². The Morgan fingerprint density at radius 1 is 1.41 bits per heavy atom. The number of hydrogen-bond acceptors (Lipinski definition) is 4. The van der Waals surface area contributed by atoms with Crippen molar-refractivity contribution in [2.45, 2.75) is 12.2 Å². The van der Waals surface area contributed by atoms with Crippen LogP contribution in [0, 0.1) is 5.82 Å². The first-order chi connectivity index (χ1) is 10.7. The number of nitrogens with zero attached hydrogens (tertiary/aromatic N) is 1. The van der Waals surface area contributed by atoms with E-state index in [2.05, 4.69) is 10.3 Å². The molecule has 1 aliphatic rings. The zero-order valence-electron chi connectivity index (χ0n) is 11.8. The summed E-state index contributed by atoms with van der Waals surface area (Å²) >= 11 is 6.06. The molecule has 0 unspecified atom stereocenters. The smallest absolute Gasteiger partial charge is 0.153 e. The molecule has 2 aromatic rings. The van der Waals surface area contributed by atoms with Crippen molar-refractivity contribution >= 4 is 11.6 Å². The maximum absolute atomic E-state index is 13.2. The van der Waals surface area contributed by atoms with Gasteiger partial charge in [-0.15, -0.1) is 0 Å². The van der Waals surface area contributed by atoms with Crippen molar-refractivity contribution in [3.05, 3.63) is 59.1 Å². The van der Waals surface area contributed by atoms with Gasteiger partial charge in [-0.05, 0) is 24.3 Å². The van der Waals surface area contributed by atoms with Crippen LogP contribution in [0.3, 0.4) is 0 Å². The van der Waals surface area contributed by atoms with E-state index in [1.807, 2.05) is 12.1 Å². The van der Waals surface area contributed by atoms with Crippen molar-refractivity contribution in [2.75, 3.05) is 19.7 Å². The minimum absolute atomic E-state index is 0.168. The number of halogens is 2. The predicted octanol–water partition coefficient (Wildman–Crippen LogP) is 2.98. The van der Waals surface area contributed by atoms with Crippen molar-refractivity contribution < 1.29 is 13.9 Å². The molecular formula is C16H16ClFN2O2. The lowest BCUT2D eigenvalue weighted by Crippen LogP contribution is -2.43. The average Bonchev–Trinajstić information content (AvgIpc) is 2.56. The Balaban J connectivity index is 1.87. The van der Waals surface area contributed by atoms with Gasteiger partial charge in [0.25, 0.3) is 0 Å². The van der Waals surface area contributed by atoms with Crippen molar-refractivity contribution in [3.63, 3.8) is 0 Å². The number of hydrogen-bond donors (Lipinski definition) is 1. The van der Waals surface area contributed by atoms with Gasteiger partial charge in [-0.1, -0.05) is 17.7 Å². The average molecular weight is 323 g/mol. The largest absolute Gasteiger partial charge is 0.481 e. The summed E-state index contributed by atoms with van der Waals surface area (Å²) < 4.78 is 25.0. The van der Waals surface area contributed by atoms with Gasteiger partial charge < -0.3 is 14.8 Å². The van der Waals surface area contributed by atoms with E-state index in [4.69, 9.17) is 21.1 Å². The van der Waals surface area contributed by atoms with Crippen molar-refractivity contribution in [1.29, 1.82) is 0 Å². The van der Waals surface area contributed by atoms with Crippen LogP contribution in [0.25, 0.3) is 0 Å². The van der Waals surface area contributed by atoms with Gasteiger partial charge in [-0.3, -0.25) is 4.98 Å². The lowest BCUT2D eigenvalue weighted by atomic mass is 10.1. The molecule has 2 heterocycles. The number of benzene rings is 1. The minimum Gasteiger partial charge on any atom is -0.481 e. The third-order valence-electron chi connectivity index (χ3n) is 3.45. The molecule has 1 fully saturated rings. The Kier molecular flexibility index (Phi) is 4.87. The van der Waals surface area contributed by atoms with Crippen LogP contribution in [-0.2, 0) is 4.74 Å². The number of rotatable bonds is 4. The standard InChI is InChI=1S/C16H16ClFN2O2/c17-13-8-12(18)3-4-14(13)22-16(11-2-1-5-19-9-11)15-10-20-6-7-21-15/h1-5,8-9,15-16,20H,6-7,10H2/t15-,16+/m0/s1. The lowest BCUT2D eigenvalue weighted by molar-refractivity contribution is -0.0433. The first-order valence-electron chi connectivity index (χ1n) is 7.08.